The Bertz CT molecular complexity index is 333. The standard InChI is InChI=1S/C11H13NO/c1-2-8-6-13-7-10-9(8)4-3-5-11(10)12/h2-5,8H,1,6-7,12H2/t8-/m1/s1. The van der Waals surface area contributed by atoms with Crippen molar-refractivity contribution in [3.8, 4) is 0 Å². The molecule has 0 bridgehead atoms. The van der Waals surface area contributed by atoms with Crippen molar-refractivity contribution in [3.05, 3.63) is 42.0 Å². The van der Waals surface area contributed by atoms with E-state index in [1.165, 1.54) is 5.56 Å². The first-order chi connectivity index (χ1) is 6.33. The number of nitrogen functional groups attached to an aromatic ring is 1. The topological polar surface area (TPSA) is 35.2 Å². The first kappa shape index (κ1) is 8.32. The van der Waals surface area contributed by atoms with Crippen LogP contribution in [0.15, 0.2) is 30.9 Å². The minimum absolute atomic E-state index is 0.298. The summed E-state index contributed by atoms with van der Waals surface area (Å²) in [4.78, 5) is 0. The van der Waals surface area contributed by atoms with E-state index in [1.807, 2.05) is 18.2 Å². The molecule has 1 heterocycles. The number of fused-ring (bicyclic) bond motifs is 1. The van der Waals surface area contributed by atoms with Gasteiger partial charge in [0.1, 0.15) is 0 Å². The molecule has 1 aromatic carbocycles. The maximum atomic E-state index is 5.84. The fraction of sp³-hybridized carbons (Fsp3) is 0.273. The molecule has 1 aromatic rings. The fourth-order valence-electron chi connectivity index (χ4n) is 1.71. The van der Waals surface area contributed by atoms with Gasteiger partial charge in [-0.25, -0.2) is 0 Å². The second-order valence-corrected chi connectivity index (χ2v) is 3.27. The molecule has 68 valence electrons. The number of benzene rings is 1. The van der Waals surface area contributed by atoms with E-state index >= 15 is 0 Å². The minimum atomic E-state index is 0.298. The zero-order valence-electron chi connectivity index (χ0n) is 7.49. The highest BCUT2D eigenvalue weighted by atomic mass is 16.5. The van der Waals surface area contributed by atoms with Gasteiger partial charge in [0.05, 0.1) is 13.2 Å². The van der Waals surface area contributed by atoms with Crippen molar-refractivity contribution < 1.29 is 4.74 Å². The van der Waals surface area contributed by atoms with Crippen molar-refractivity contribution in [2.24, 2.45) is 0 Å². The maximum absolute atomic E-state index is 5.84. The molecule has 1 aliphatic rings. The molecule has 0 aliphatic carbocycles. The highest BCUT2D eigenvalue weighted by Gasteiger charge is 2.19. The summed E-state index contributed by atoms with van der Waals surface area (Å²) in [5.41, 5.74) is 9.06. The molecule has 2 nitrogen and oxygen atoms in total. The maximum Gasteiger partial charge on any atom is 0.0740 e. The Labute approximate surface area is 78.0 Å². The van der Waals surface area contributed by atoms with E-state index in [4.69, 9.17) is 10.5 Å². The molecular formula is C11H13NO. The lowest BCUT2D eigenvalue weighted by atomic mass is 9.92. The van der Waals surface area contributed by atoms with Gasteiger partial charge in [-0.1, -0.05) is 18.2 Å². The molecule has 0 unspecified atom stereocenters. The molecule has 1 aliphatic heterocycles. The van der Waals surface area contributed by atoms with Crippen molar-refractivity contribution in [3.63, 3.8) is 0 Å². The van der Waals surface area contributed by atoms with Crippen LogP contribution < -0.4 is 5.73 Å². The Hall–Kier alpha value is -1.28. The molecule has 0 radical (unpaired) electrons. The average Bonchev–Trinajstić information content (AvgIpc) is 2.18. The summed E-state index contributed by atoms with van der Waals surface area (Å²) in [6.45, 7) is 5.15. The number of anilines is 1. The van der Waals surface area contributed by atoms with Crippen molar-refractivity contribution >= 4 is 5.69 Å². The van der Waals surface area contributed by atoms with Crippen LogP contribution in [0.1, 0.15) is 17.0 Å². The molecule has 0 fully saturated rings. The summed E-state index contributed by atoms with van der Waals surface area (Å²) in [6.07, 6.45) is 1.91. The van der Waals surface area contributed by atoms with E-state index in [2.05, 4.69) is 12.6 Å². The average molecular weight is 175 g/mol. The zero-order chi connectivity index (χ0) is 9.26. The lowest BCUT2D eigenvalue weighted by Crippen LogP contribution is -2.16. The number of hydrogen-bond donors (Lipinski definition) is 1. The highest BCUT2D eigenvalue weighted by Crippen LogP contribution is 2.30. The SMILES string of the molecule is C=C[C@@H]1COCc2c(N)cccc21. The van der Waals surface area contributed by atoms with Gasteiger partial charge < -0.3 is 10.5 Å². The molecule has 0 aromatic heterocycles. The van der Waals surface area contributed by atoms with Gasteiger partial charge in [0.15, 0.2) is 0 Å². The third-order valence-corrected chi connectivity index (χ3v) is 2.48. The predicted octanol–water partition coefficient (Wildman–Crippen LogP) is 2.07. The molecule has 0 saturated carbocycles. The van der Waals surface area contributed by atoms with E-state index in [9.17, 15) is 0 Å². The normalized spacial score (nSPS) is 20.8. The monoisotopic (exact) mass is 175 g/mol. The van der Waals surface area contributed by atoms with E-state index in [-0.39, 0.29) is 0 Å². The third kappa shape index (κ3) is 1.33. The lowest BCUT2D eigenvalue weighted by Gasteiger charge is -2.24. The molecule has 0 saturated heterocycles. The summed E-state index contributed by atoms with van der Waals surface area (Å²) in [5.74, 6) is 0.298. The van der Waals surface area contributed by atoms with E-state index in [1.54, 1.807) is 0 Å². The molecule has 1 atom stereocenters. The number of ether oxygens (including phenoxy) is 1. The Morgan fingerprint density at radius 2 is 2.38 bits per heavy atom. The van der Waals surface area contributed by atoms with Crippen LogP contribution in [0, 0.1) is 0 Å². The number of rotatable bonds is 1. The van der Waals surface area contributed by atoms with Crippen LogP contribution in [-0.4, -0.2) is 6.61 Å². The zero-order valence-corrected chi connectivity index (χ0v) is 7.49. The van der Waals surface area contributed by atoms with Crippen LogP contribution in [0.5, 0.6) is 0 Å². The van der Waals surface area contributed by atoms with Gasteiger partial charge in [0.25, 0.3) is 0 Å². The van der Waals surface area contributed by atoms with Gasteiger partial charge in [0.2, 0.25) is 0 Å². The van der Waals surface area contributed by atoms with Crippen molar-refractivity contribution in [2.75, 3.05) is 12.3 Å². The minimum Gasteiger partial charge on any atom is -0.398 e. The van der Waals surface area contributed by atoms with Crippen LogP contribution in [0.25, 0.3) is 0 Å². The van der Waals surface area contributed by atoms with Crippen LogP contribution in [0.4, 0.5) is 5.69 Å². The first-order valence-corrected chi connectivity index (χ1v) is 4.40. The summed E-state index contributed by atoms with van der Waals surface area (Å²) in [6, 6.07) is 5.99. The first-order valence-electron chi connectivity index (χ1n) is 4.40. The van der Waals surface area contributed by atoms with E-state index < -0.39 is 0 Å². The summed E-state index contributed by atoms with van der Waals surface area (Å²) in [5, 5.41) is 0. The van der Waals surface area contributed by atoms with Crippen molar-refractivity contribution in [1.29, 1.82) is 0 Å². The second kappa shape index (κ2) is 3.23. The molecule has 0 spiro atoms. The smallest absolute Gasteiger partial charge is 0.0740 e. The molecule has 13 heavy (non-hydrogen) atoms. The largest absolute Gasteiger partial charge is 0.398 e. The van der Waals surface area contributed by atoms with Crippen LogP contribution >= 0.6 is 0 Å². The van der Waals surface area contributed by atoms with Gasteiger partial charge in [-0.2, -0.15) is 0 Å². The Morgan fingerprint density at radius 3 is 3.15 bits per heavy atom. The van der Waals surface area contributed by atoms with Crippen LogP contribution in [0.2, 0.25) is 0 Å². The molecule has 2 heteroatoms. The Balaban J connectivity index is 2.51. The predicted molar refractivity (Wildman–Crippen MR) is 53.4 cm³/mol. The molecule has 2 rings (SSSR count). The second-order valence-electron chi connectivity index (χ2n) is 3.27. The van der Waals surface area contributed by atoms with Crippen molar-refractivity contribution in [1.82, 2.24) is 0 Å². The van der Waals surface area contributed by atoms with E-state index in [0.29, 0.717) is 12.5 Å². The van der Waals surface area contributed by atoms with Crippen molar-refractivity contribution in [2.45, 2.75) is 12.5 Å². The molecule has 0 amide bonds. The van der Waals surface area contributed by atoms with Gasteiger partial charge in [-0.15, -0.1) is 6.58 Å². The Kier molecular flexibility index (Phi) is 2.07. The van der Waals surface area contributed by atoms with Gasteiger partial charge in [0, 0.05) is 17.2 Å². The molecule has 2 N–H and O–H groups in total. The fourth-order valence-corrected chi connectivity index (χ4v) is 1.71. The summed E-state index contributed by atoms with van der Waals surface area (Å²) < 4.78 is 5.43. The summed E-state index contributed by atoms with van der Waals surface area (Å²) >= 11 is 0. The van der Waals surface area contributed by atoms with Gasteiger partial charge in [-0.05, 0) is 11.6 Å². The number of hydrogen-bond acceptors (Lipinski definition) is 2. The third-order valence-electron chi connectivity index (χ3n) is 2.48. The van der Waals surface area contributed by atoms with Gasteiger partial charge in [-0.3, -0.25) is 0 Å². The van der Waals surface area contributed by atoms with Crippen LogP contribution in [0.3, 0.4) is 0 Å². The quantitative estimate of drug-likeness (QED) is 0.524. The Morgan fingerprint density at radius 1 is 1.54 bits per heavy atom. The highest BCUT2D eigenvalue weighted by molar-refractivity contribution is 5.53. The summed E-state index contributed by atoms with van der Waals surface area (Å²) in [7, 11) is 0. The molecular weight excluding hydrogens is 162 g/mol. The van der Waals surface area contributed by atoms with E-state index in [0.717, 1.165) is 17.9 Å². The van der Waals surface area contributed by atoms with Gasteiger partial charge >= 0.3 is 0 Å². The van der Waals surface area contributed by atoms with Crippen LogP contribution in [-0.2, 0) is 11.3 Å². The number of nitrogens with two attached hydrogens (primary N) is 1. The lowest BCUT2D eigenvalue weighted by molar-refractivity contribution is 0.101.